The first-order valence-electron chi connectivity index (χ1n) is 3.92. The number of benzene rings is 1. The first kappa shape index (κ1) is 11.2. The van der Waals surface area contributed by atoms with E-state index in [4.69, 9.17) is 22.6 Å². The van der Waals surface area contributed by atoms with E-state index in [1.165, 1.54) is 18.2 Å². The molecule has 1 rings (SSSR count). The monoisotopic (exact) mass is 224 g/mol. The van der Waals surface area contributed by atoms with Crippen LogP contribution >= 0.6 is 11.6 Å². The quantitative estimate of drug-likeness (QED) is 0.616. The van der Waals surface area contributed by atoms with E-state index in [0.29, 0.717) is 0 Å². The highest BCUT2D eigenvalue weighted by Crippen LogP contribution is 2.21. The fourth-order valence-corrected chi connectivity index (χ4v) is 1.17. The van der Waals surface area contributed by atoms with Gasteiger partial charge in [-0.15, -0.1) is 0 Å². The summed E-state index contributed by atoms with van der Waals surface area (Å²) >= 11 is 5.69. The van der Waals surface area contributed by atoms with Crippen molar-refractivity contribution >= 4 is 23.6 Å². The molecule has 0 radical (unpaired) electrons. The lowest BCUT2D eigenvalue weighted by molar-refractivity contribution is -0.114. The topological polar surface area (TPSA) is 66.9 Å². The van der Waals surface area contributed by atoms with Crippen LogP contribution in [-0.2, 0) is 4.79 Å². The average molecular weight is 225 g/mol. The SMILES string of the molecule is N#C/C(=C\c1c(F)cccc1Cl)C(N)=O. The number of primary amides is 1. The summed E-state index contributed by atoms with van der Waals surface area (Å²) in [6, 6.07) is 5.61. The van der Waals surface area contributed by atoms with Crippen LogP contribution in [0.1, 0.15) is 5.56 Å². The van der Waals surface area contributed by atoms with Crippen molar-refractivity contribution < 1.29 is 9.18 Å². The minimum Gasteiger partial charge on any atom is -0.365 e. The third kappa shape index (κ3) is 2.55. The first-order valence-corrected chi connectivity index (χ1v) is 4.29. The van der Waals surface area contributed by atoms with Gasteiger partial charge in [0.2, 0.25) is 0 Å². The van der Waals surface area contributed by atoms with E-state index in [-0.39, 0.29) is 16.2 Å². The van der Waals surface area contributed by atoms with Crippen molar-refractivity contribution in [1.29, 1.82) is 5.26 Å². The van der Waals surface area contributed by atoms with Crippen LogP contribution in [0.4, 0.5) is 4.39 Å². The summed E-state index contributed by atoms with van der Waals surface area (Å²) in [6.07, 6.45) is 1.03. The Hall–Kier alpha value is -1.86. The van der Waals surface area contributed by atoms with Crippen LogP contribution in [0, 0.1) is 17.1 Å². The Kier molecular flexibility index (Phi) is 3.42. The van der Waals surface area contributed by atoms with Crippen molar-refractivity contribution in [3.8, 4) is 6.07 Å². The third-order valence-electron chi connectivity index (χ3n) is 1.67. The molecule has 0 heterocycles. The summed E-state index contributed by atoms with van der Waals surface area (Å²) in [5.74, 6) is -1.53. The Labute approximate surface area is 90.6 Å². The van der Waals surface area contributed by atoms with Gasteiger partial charge in [-0.1, -0.05) is 17.7 Å². The number of carbonyl (C=O) groups excluding carboxylic acids is 1. The lowest BCUT2D eigenvalue weighted by Gasteiger charge is -1.99. The van der Waals surface area contributed by atoms with Crippen LogP contribution in [0.3, 0.4) is 0 Å². The Morgan fingerprint density at radius 3 is 2.73 bits per heavy atom. The van der Waals surface area contributed by atoms with Crippen LogP contribution in [0.25, 0.3) is 6.08 Å². The predicted octanol–water partition coefficient (Wildman–Crippen LogP) is 1.87. The molecule has 0 bridgehead atoms. The van der Waals surface area contributed by atoms with Gasteiger partial charge in [0.25, 0.3) is 5.91 Å². The summed E-state index contributed by atoms with van der Waals surface area (Å²) in [7, 11) is 0. The minimum absolute atomic E-state index is 0.0190. The number of nitrogens with two attached hydrogens (primary N) is 1. The van der Waals surface area contributed by atoms with Crippen molar-refractivity contribution in [3.05, 3.63) is 40.2 Å². The zero-order valence-electron chi connectivity index (χ0n) is 7.50. The zero-order chi connectivity index (χ0) is 11.4. The molecule has 0 fully saturated rings. The van der Waals surface area contributed by atoms with Gasteiger partial charge in [-0.05, 0) is 18.2 Å². The van der Waals surface area contributed by atoms with Gasteiger partial charge in [0.1, 0.15) is 17.5 Å². The molecule has 5 heteroatoms. The van der Waals surface area contributed by atoms with Crippen molar-refractivity contribution in [2.45, 2.75) is 0 Å². The Morgan fingerprint density at radius 1 is 1.60 bits per heavy atom. The van der Waals surface area contributed by atoms with Gasteiger partial charge < -0.3 is 5.73 Å². The van der Waals surface area contributed by atoms with Gasteiger partial charge >= 0.3 is 0 Å². The highest BCUT2D eigenvalue weighted by atomic mass is 35.5. The molecule has 0 atom stereocenters. The number of hydrogen-bond donors (Lipinski definition) is 1. The first-order chi connectivity index (χ1) is 7.06. The van der Waals surface area contributed by atoms with E-state index in [1.54, 1.807) is 6.07 Å². The molecule has 1 aromatic carbocycles. The maximum atomic E-state index is 13.2. The molecule has 0 aliphatic heterocycles. The largest absolute Gasteiger partial charge is 0.365 e. The summed E-state index contributed by atoms with van der Waals surface area (Å²) < 4.78 is 13.2. The molecule has 15 heavy (non-hydrogen) atoms. The zero-order valence-corrected chi connectivity index (χ0v) is 8.25. The maximum absolute atomic E-state index is 13.2. The molecule has 1 amide bonds. The van der Waals surface area contributed by atoms with Crippen molar-refractivity contribution in [2.24, 2.45) is 5.73 Å². The lowest BCUT2D eigenvalue weighted by atomic mass is 10.1. The van der Waals surface area contributed by atoms with Crippen LogP contribution in [0.2, 0.25) is 5.02 Å². The highest BCUT2D eigenvalue weighted by molar-refractivity contribution is 6.32. The summed E-state index contributed by atoms with van der Waals surface area (Å²) in [5, 5.41) is 8.67. The molecule has 0 saturated heterocycles. The van der Waals surface area contributed by atoms with Gasteiger partial charge in [0.15, 0.2) is 0 Å². The van der Waals surface area contributed by atoms with E-state index < -0.39 is 11.7 Å². The summed E-state index contributed by atoms with van der Waals surface area (Å²) in [5.41, 5.74) is 4.54. The molecule has 0 aliphatic rings. The number of carbonyl (C=O) groups is 1. The van der Waals surface area contributed by atoms with Gasteiger partial charge in [-0.25, -0.2) is 4.39 Å². The van der Waals surface area contributed by atoms with Crippen molar-refractivity contribution in [3.63, 3.8) is 0 Å². The molecular weight excluding hydrogens is 219 g/mol. The summed E-state index contributed by atoms with van der Waals surface area (Å²) in [4.78, 5) is 10.7. The molecular formula is C10H6ClFN2O. The second-order valence-electron chi connectivity index (χ2n) is 2.67. The molecule has 0 aromatic heterocycles. The number of nitriles is 1. The molecule has 0 saturated carbocycles. The van der Waals surface area contributed by atoms with Gasteiger partial charge in [0, 0.05) is 5.56 Å². The second-order valence-corrected chi connectivity index (χ2v) is 3.08. The Morgan fingerprint density at radius 2 is 2.27 bits per heavy atom. The van der Waals surface area contributed by atoms with Gasteiger partial charge in [0.05, 0.1) is 5.02 Å². The molecule has 3 nitrogen and oxygen atoms in total. The van der Waals surface area contributed by atoms with Gasteiger partial charge in [-0.3, -0.25) is 4.79 Å². The van der Waals surface area contributed by atoms with Crippen LogP contribution in [-0.4, -0.2) is 5.91 Å². The summed E-state index contributed by atoms with van der Waals surface area (Å²) in [6.45, 7) is 0. The molecule has 76 valence electrons. The van der Waals surface area contributed by atoms with Crippen LogP contribution in [0.5, 0.6) is 0 Å². The number of nitrogens with zero attached hydrogens (tertiary/aromatic N) is 1. The van der Waals surface area contributed by atoms with E-state index in [9.17, 15) is 9.18 Å². The van der Waals surface area contributed by atoms with Crippen molar-refractivity contribution in [1.82, 2.24) is 0 Å². The molecule has 0 unspecified atom stereocenters. The standard InChI is InChI=1S/C10H6ClFN2O/c11-8-2-1-3-9(12)7(8)4-6(5-13)10(14)15/h1-4H,(H2,14,15)/b6-4+. The fourth-order valence-electron chi connectivity index (χ4n) is 0.951. The van der Waals surface area contributed by atoms with E-state index >= 15 is 0 Å². The second kappa shape index (κ2) is 4.58. The molecule has 2 N–H and O–H groups in total. The predicted molar refractivity (Wildman–Crippen MR) is 54.2 cm³/mol. The third-order valence-corrected chi connectivity index (χ3v) is 2.00. The van der Waals surface area contributed by atoms with Gasteiger partial charge in [-0.2, -0.15) is 5.26 Å². The number of amides is 1. The Balaban J connectivity index is 3.30. The van der Waals surface area contributed by atoms with E-state index in [1.807, 2.05) is 0 Å². The number of hydrogen-bond acceptors (Lipinski definition) is 2. The maximum Gasteiger partial charge on any atom is 0.259 e. The van der Waals surface area contributed by atoms with Crippen LogP contribution < -0.4 is 5.73 Å². The molecule has 1 aromatic rings. The smallest absolute Gasteiger partial charge is 0.259 e. The lowest BCUT2D eigenvalue weighted by Crippen LogP contribution is -2.12. The highest BCUT2D eigenvalue weighted by Gasteiger charge is 2.08. The average Bonchev–Trinajstić information content (AvgIpc) is 2.17. The number of halogens is 2. The normalized spacial score (nSPS) is 10.9. The van der Waals surface area contributed by atoms with E-state index in [2.05, 4.69) is 0 Å². The Bertz CT molecular complexity index is 457. The molecule has 0 aliphatic carbocycles. The van der Waals surface area contributed by atoms with E-state index in [0.717, 1.165) is 6.08 Å². The van der Waals surface area contributed by atoms with Crippen LogP contribution in [0.15, 0.2) is 23.8 Å². The number of rotatable bonds is 2. The minimum atomic E-state index is -0.920. The van der Waals surface area contributed by atoms with Crippen molar-refractivity contribution in [2.75, 3.05) is 0 Å². The fraction of sp³-hybridized carbons (Fsp3) is 0. The molecule has 0 spiro atoms.